The van der Waals surface area contributed by atoms with Crippen LogP contribution in [-0.4, -0.2) is 0 Å². The average Bonchev–Trinajstić information content (AvgIpc) is 2.27. The van der Waals surface area contributed by atoms with Crippen molar-refractivity contribution < 1.29 is 9.13 Å². The molecule has 2 aromatic carbocycles. The third-order valence-corrected chi connectivity index (χ3v) is 2.87. The molecule has 2 N–H and O–H groups in total. The van der Waals surface area contributed by atoms with Gasteiger partial charge in [0.1, 0.15) is 17.3 Å². The number of hydrogen-bond donors (Lipinski definition) is 1. The Morgan fingerprint density at radius 2 is 1.94 bits per heavy atom. The van der Waals surface area contributed by atoms with Crippen molar-refractivity contribution in [2.24, 2.45) is 0 Å². The molecule has 0 spiro atoms. The molecular formula is C12H8BrClFNO. The maximum atomic E-state index is 13.0. The number of ether oxygens (including phenoxy) is 1. The number of benzene rings is 2. The summed E-state index contributed by atoms with van der Waals surface area (Å²) in [6.07, 6.45) is 0. The van der Waals surface area contributed by atoms with E-state index in [1.165, 1.54) is 18.2 Å². The maximum absolute atomic E-state index is 13.0. The van der Waals surface area contributed by atoms with Crippen LogP contribution >= 0.6 is 27.5 Å². The molecule has 0 unspecified atom stereocenters. The van der Waals surface area contributed by atoms with Crippen molar-refractivity contribution in [2.45, 2.75) is 0 Å². The van der Waals surface area contributed by atoms with Gasteiger partial charge in [-0.2, -0.15) is 0 Å². The van der Waals surface area contributed by atoms with Crippen LogP contribution in [0.15, 0.2) is 40.9 Å². The molecular weight excluding hydrogens is 308 g/mol. The summed E-state index contributed by atoms with van der Waals surface area (Å²) in [6, 6.07) is 9.38. The van der Waals surface area contributed by atoms with E-state index in [-0.39, 0.29) is 5.02 Å². The van der Waals surface area contributed by atoms with Gasteiger partial charge in [-0.1, -0.05) is 27.5 Å². The molecule has 0 aliphatic carbocycles. The molecule has 17 heavy (non-hydrogen) atoms. The minimum absolute atomic E-state index is 0.0122. The first-order chi connectivity index (χ1) is 8.06. The third kappa shape index (κ3) is 2.90. The molecule has 0 aliphatic heterocycles. The van der Waals surface area contributed by atoms with Gasteiger partial charge < -0.3 is 10.5 Å². The molecule has 2 nitrogen and oxygen atoms in total. The van der Waals surface area contributed by atoms with E-state index in [0.29, 0.717) is 17.2 Å². The molecule has 0 bridgehead atoms. The number of rotatable bonds is 2. The molecule has 2 aromatic rings. The van der Waals surface area contributed by atoms with Crippen molar-refractivity contribution in [1.29, 1.82) is 0 Å². The molecule has 88 valence electrons. The lowest BCUT2D eigenvalue weighted by molar-refractivity contribution is 0.483. The second kappa shape index (κ2) is 4.94. The summed E-state index contributed by atoms with van der Waals surface area (Å²) in [4.78, 5) is 0. The molecule has 0 radical (unpaired) electrons. The quantitative estimate of drug-likeness (QED) is 0.821. The molecule has 0 saturated heterocycles. The van der Waals surface area contributed by atoms with Crippen molar-refractivity contribution >= 4 is 33.2 Å². The summed E-state index contributed by atoms with van der Waals surface area (Å²) in [5.41, 5.74) is 6.26. The Hall–Kier alpha value is -1.26. The molecule has 0 aromatic heterocycles. The summed E-state index contributed by atoms with van der Waals surface area (Å²) in [5.74, 6) is 0.448. The van der Waals surface area contributed by atoms with Crippen LogP contribution < -0.4 is 10.5 Å². The first kappa shape index (κ1) is 12.2. The van der Waals surface area contributed by atoms with Crippen LogP contribution in [0.2, 0.25) is 5.02 Å². The van der Waals surface area contributed by atoms with Crippen molar-refractivity contribution in [2.75, 3.05) is 5.73 Å². The molecule has 5 heteroatoms. The summed E-state index contributed by atoms with van der Waals surface area (Å²) >= 11 is 8.95. The van der Waals surface area contributed by atoms with Gasteiger partial charge >= 0.3 is 0 Å². The molecule has 0 amide bonds. The van der Waals surface area contributed by atoms with Gasteiger partial charge in [0.05, 0.1) is 10.7 Å². The zero-order chi connectivity index (χ0) is 12.4. The highest BCUT2D eigenvalue weighted by Crippen LogP contribution is 2.31. The minimum atomic E-state index is -0.484. The average molecular weight is 317 g/mol. The fraction of sp³-hybridized carbons (Fsp3) is 0. The Morgan fingerprint density at radius 1 is 1.18 bits per heavy atom. The Bertz CT molecular complexity index is 562. The normalized spacial score (nSPS) is 10.3. The SMILES string of the molecule is Nc1cc(Br)ccc1Oc1ccc(F)c(Cl)c1. The number of halogens is 3. The second-order valence-electron chi connectivity index (χ2n) is 3.36. The van der Waals surface area contributed by atoms with Gasteiger partial charge in [-0.05, 0) is 30.3 Å². The van der Waals surface area contributed by atoms with Gasteiger partial charge in [-0.25, -0.2) is 4.39 Å². The Morgan fingerprint density at radius 3 is 2.59 bits per heavy atom. The molecule has 0 saturated carbocycles. The van der Waals surface area contributed by atoms with Crippen LogP contribution in [0.25, 0.3) is 0 Å². The van der Waals surface area contributed by atoms with Crippen molar-refractivity contribution in [3.63, 3.8) is 0 Å². The van der Waals surface area contributed by atoms with Crippen LogP contribution in [0.5, 0.6) is 11.5 Å². The molecule has 2 rings (SSSR count). The van der Waals surface area contributed by atoms with Gasteiger partial charge in [0.15, 0.2) is 0 Å². The maximum Gasteiger partial charge on any atom is 0.150 e. The molecule has 0 heterocycles. The van der Waals surface area contributed by atoms with E-state index in [4.69, 9.17) is 22.1 Å². The zero-order valence-electron chi connectivity index (χ0n) is 8.58. The lowest BCUT2D eigenvalue weighted by Gasteiger charge is -2.09. The van der Waals surface area contributed by atoms with Crippen LogP contribution in [0.3, 0.4) is 0 Å². The summed E-state index contributed by atoms with van der Waals surface area (Å²) in [6.45, 7) is 0. The monoisotopic (exact) mass is 315 g/mol. The Balaban J connectivity index is 2.28. The van der Waals surface area contributed by atoms with Crippen LogP contribution in [-0.2, 0) is 0 Å². The van der Waals surface area contributed by atoms with E-state index >= 15 is 0 Å². The first-order valence-corrected chi connectivity index (χ1v) is 5.91. The van der Waals surface area contributed by atoms with Gasteiger partial charge in [-0.15, -0.1) is 0 Å². The number of nitrogen functional groups attached to an aromatic ring is 1. The lowest BCUT2D eigenvalue weighted by Crippen LogP contribution is -1.92. The van der Waals surface area contributed by atoms with Gasteiger partial charge in [0, 0.05) is 10.5 Å². The van der Waals surface area contributed by atoms with Crippen molar-refractivity contribution in [1.82, 2.24) is 0 Å². The summed E-state index contributed by atoms with van der Waals surface area (Å²) in [5, 5.41) is 0.0122. The van der Waals surface area contributed by atoms with E-state index in [1.807, 2.05) is 0 Å². The van der Waals surface area contributed by atoms with E-state index < -0.39 is 5.82 Å². The summed E-state index contributed by atoms with van der Waals surface area (Å²) < 4.78 is 19.3. The molecule has 0 atom stereocenters. The predicted octanol–water partition coefficient (Wildman–Crippen LogP) is 4.62. The fourth-order valence-corrected chi connectivity index (χ4v) is 1.83. The van der Waals surface area contributed by atoms with E-state index in [9.17, 15) is 4.39 Å². The molecule has 0 aliphatic rings. The highest BCUT2D eigenvalue weighted by molar-refractivity contribution is 9.10. The Labute approximate surface area is 111 Å². The Kier molecular flexibility index (Phi) is 3.54. The van der Waals surface area contributed by atoms with Gasteiger partial charge in [0.25, 0.3) is 0 Å². The smallest absolute Gasteiger partial charge is 0.150 e. The largest absolute Gasteiger partial charge is 0.455 e. The van der Waals surface area contributed by atoms with Crippen LogP contribution in [0.4, 0.5) is 10.1 Å². The second-order valence-corrected chi connectivity index (χ2v) is 4.68. The fourth-order valence-electron chi connectivity index (χ4n) is 1.28. The van der Waals surface area contributed by atoms with E-state index in [0.717, 1.165) is 4.47 Å². The zero-order valence-corrected chi connectivity index (χ0v) is 10.9. The standard InChI is InChI=1S/C12H8BrClFNO/c13-7-1-4-12(11(16)5-7)17-8-2-3-10(15)9(14)6-8/h1-6H,16H2. The predicted molar refractivity (Wildman–Crippen MR) is 70.0 cm³/mol. The van der Waals surface area contributed by atoms with Crippen molar-refractivity contribution in [3.8, 4) is 11.5 Å². The molecule has 0 fully saturated rings. The number of anilines is 1. The summed E-state index contributed by atoms with van der Waals surface area (Å²) in [7, 11) is 0. The van der Waals surface area contributed by atoms with Crippen LogP contribution in [0, 0.1) is 5.82 Å². The third-order valence-electron chi connectivity index (χ3n) is 2.09. The lowest BCUT2D eigenvalue weighted by atomic mass is 10.3. The van der Waals surface area contributed by atoms with E-state index in [1.54, 1.807) is 18.2 Å². The van der Waals surface area contributed by atoms with Crippen molar-refractivity contribution in [3.05, 3.63) is 51.7 Å². The minimum Gasteiger partial charge on any atom is -0.455 e. The van der Waals surface area contributed by atoms with Crippen LogP contribution in [0.1, 0.15) is 0 Å². The van der Waals surface area contributed by atoms with E-state index in [2.05, 4.69) is 15.9 Å². The van der Waals surface area contributed by atoms with Gasteiger partial charge in [-0.3, -0.25) is 0 Å². The topological polar surface area (TPSA) is 35.2 Å². The van der Waals surface area contributed by atoms with Gasteiger partial charge in [0.2, 0.25) is 0 Å². The highest BCUT2D eigenvalue weighted by Gasteiger charge is 2.05. The number of hydrogen-bond acceptors (Lipinski definition) is 2. The number of nitrogens with two attached hydrogens (primary N) is 1. The highest BCUT2D eigenvalue weighted by atomic mass is 79.9. The first-order valence-electron chi connectivity index (χ1n) is 4.74.